The molecule has 0 aliphatic heterocycles. The third-order valence-electron chi connectivity index (χ3n) is 4.99. The van der Waals surface area contributed by atoms with Crippen LogP contribution >= 0.6 is 0 Å². The van der Waals surface area contributed by atoms with Crippen molar-refractivity contribution in [2.75, 3.05) is 47.8 Å². The Labute approximate surface area is 129 Å². The summed E-state index contributed by atoms with van der Waals surface area (Å²) in [6.07, 6.45) is 3.99. The molecule has 0 radical (unpaired) electrons. The Balaban J connectivity index is 4.11. The largest absolute Gasteiger partial charge is 0.328 e. The van der Waals surface area contributed by atoms with E-state index >= 15 is 0 Å². The Hall–Kier alpha value is -0.0800. The van der Waals surface area contributed by atoms with Gasteiger partial charge in [0.1, 0.15) is 0 Å². The van der Waals surface area contributed by atoms with Gasteiger partial charge in [0, 0.05) is 6.42 Å². The van der Waals surface area contributed by atoms with Crippen molar-refractivity contribution in [2.45, 2.75) is 66.3 Å². The van der Waals surface area contributed by atoms with Crippen molar-refractivity contribution in [1.82, 2.24) is 0 Å². The molecular weight excluding hydrogens is 244 g/mol. The summed E-state index contributed by atoms with van der Waals surface area (Å²) in [5.74, 6) is 0. The Morgan fingerprint density at radius 3 is 1.50 bits per heavy atom. The van der Waals surface area contributed by atoms with Crippen LogP contribution in [0.1, 0.15) is 60.8 Å². The van der Waals surface area contributed by atoms with E-state index in [9.17, 15) is 0 Å². The van der Waals surface area contributed by atoms with Gasteiger partial charge in [0.25, 0.3) is 0 Å². The smallest absolute Gasteiger partial charge is 0.0903 e. The number of hydrogen-bond acceptors (Lipinski definition) is 0. The van der Waals surface area contributed by atoms with Crippen LogP contribution in [0, 0.1) is 5.41 Å². The molecule has 20 heavy (non-hydrogen) atoms. The highest BCUT2D eigenvalue weighted by Gasteiger charge is 2.31. The second-order valence-electron chi connectivity index (χ2n) is 9.98. The Kier molecular flexibility index (Phi) is 6.76. The molecule has 0 heterocycles. The molecule has 0 aromatic carbocycles. The van der Waals surface area contributed by atoms with Crippen molar-refractivity contribution in [2.24, 2.45) is 5.41 Å². The zero-order valence-corrected chi connectivity index (χ0v) is 16.1. The molecule has 0 fully saturated rings. The number of nitrogens with zero attached hydrogens (tertiary/aromatic N) is 2. The lowest BCUT2D eigenvalue weighted by Crippen LogP contribution is -2.55. The van der Waals surface area contributed by atoms with Crippen molar-refractivity contribution in [3.63, 3.8) is 0 Å². The normalized spacial score (nSPS) is 14.7. The van der Waals surface area contributed by atoms with Crippen molar-refractivity contribution >= 4 is 0 Å². The van der Waals surface area contributed by atoms with Gasteiger partial charge in [-0.3, -0.25) is 0 Å². The van der Waals surface area contributed by atoms with E-state index in [1.165, 1.54) is 43.4 Å². The van der Waals surface area contributed by atoms with E-state index in [0.717, 1.165) is 4.48 Å². The van der Waals surface area contributed by atoms with Gasteiger partial charge in [0.15, 0.2) is 0 Å². The average Bonchev–Trinajstić information content (AvgIpc) is 2.11. The zero-order valence-electron chi connectivity index (χ0n) is 16.1. The summed E-state index contributed by atoms with van der Waals surface area (Å²) in [6.45, 7) is 17.9. The Morgan fingerprint density at radius 1 is 0.650 bits per heavy atom. The van der Waals surface area contributed by atoms with Gasteiger partial charge in [0.2, 0.25) is 0 Å². The fourth-order valence-electron chi connectivity index (χ4n) is 2.38. The third-order valence-corrected chi connectivity index (χ3v) is 4.99. The molecule has 0 aliphatic carbocycles. The number of hydrogen-bond donors (Lipinski definition) is 0. The average molecular weight is 287 g/mol. The SMILES string of the molecule is CC(C)(C)CCC[N+](C)(C)CCC[N+](C)(C)C(C)(C)C. The molecule has 0 aromatic heterocycles. The first kappa shape index (κ1) is 19.9. The van der Waals surface area contributed by atoms with Crippen LogP contribution in [-0.4, -0.2) is 62.3 Å². The topological polar surface area (TPSA) is 0 Å². The monoisotopic (exact) mass is 286 g/mol. The van der Waals surface area contributed by atoms with Crippen molar-refractivity contribution in [3.8, 4) is 0 Å². The quantitative estimate of drug-likeness (QED) is 0.617. The fourth-order valence-corrected chi connectivity index (χ4v) is 2.38. The van der Waals surface area contributed by atoms with Crippen molar-refractivity contribution in [1.29, 1.82) is 0 Å². The van der Waals surface area contributed by atoms with Crippen LogP contribution in [0.4, 0.5) is 0 Å². The van der Waals surface area contributed by atoms with E-state index in [1.807, 2.05) is 0 Å². The second kappa shape index (κ2) is 6.79. The molecule has 0 N–H and O–H groups in total. The molecule has 0 bridgehead atoms. The maximum Gasteiger partial charge on any atom is 0.0903 e. The van der Waals surface area contributed by atoms with E-state index in [-0.39, 0.29) is 0 Å². The first-order chi connectivity index (χ1) is 8.66. The highest BCUT2D eigenvalue weighted by atomic mass is 15.4. The first-order valence-electron chi connectivity index (χ1n) is 8.31. The maximum absolute atomic E-state index is 2.39. The minimum Gasteiger partial charge on any atom is -0.328 e. The van der Waals surface area contributed by atoms with Crippen LogP contribution in [0.5, 0.6) is 0 Å². The molecule has 0 spiro atoms. The van der Waals surface area contributed by atoms with E-state index in [0.29, 0.717) is 11.0 Å². The van der Waals surface area contributed by atoms with Gasteiger partial charge in [-0.25, -0.2) is 0 Å². The van der Waals surface area contributed by atoms with Crippen molar-refractivity contribution < 1.29 is 8.97 Å². The second-order valence-corrected chi connectivity index (χ2v) is 9.98. The summed E-state index contributed by atoms with van der Waals surface area (Å²) in [6, 6.07) is 0. The molecule has 0 atom stereocenters. The van der Waals surface area contributed by atoms with Gasteiger partial charge < -0.3 is 8.97 Å². The molecule has 122 valence electrons. The van der Waals surface area contributed by atoms with Gasteiger partial charge in [-0.05, 0) is 39.0 Å². The van der Waals surface area contributed by atoms with Crippen LogP contribution in [-0.2, 0) is 0 Å². The van der Waals surface area contributed by atoms with Crippen LogP contribution in [0.2, 0.25) is 0 Å². The molecule has 0 aliphatic rings. The highest BCUT2D eigenvalue weighted by Crippen LogP contribution is 2.22. The molecular formula is C18H42N2+2. The predicted octanol–water partition coefficient (Wildman–Crippen LogP) is 4.15. The summed E-state index contributed by atoms with van der Waals surface area (Å²) in [5, 5.41) is 0. The van der Waals surface area contributed by atoms with Gasteiger partial charge in [-0.2, -0.15) is 0 Å². The van der Waals surface area contributed by atoms with Gasteiger partial charge in [-0.15, -0.1) is 0 Å². The van der Waals surface area contributed by atoms with E-state index in [2.05, 4.69) is 69.7 Å². The fraction of sp³-hybridized carbons (Fsp3) is 1.00. The Bertz CT molecular complexity index is 277. The highest BCUT2D eigenvalue weighted by molar-refractivity contribution is 4.61. The van der Waals surface area contributed by atoms with Crippen LogP contribution in [0.15, 0.2) is 0 Å². The lowest BCUT2D eigenvalue weighted by atomic mass is 9.90. The standard InChI is InChI=1S/C18H42N2/c1-17(2,3)13-11-14-19(7,8)15-12-16-20(9,10)18(4,5)6/h11-16H2,1-10H3/q+2. The lowest BCUT2D eigenvalue weighted by Gasteiger charge is -2.43. The van der Waals surface area contributed by atoms with Crippen LogP contribution in [0.25, 0.3) is 0 Å². The predicted molar refractivity (Wildman–Crippen MR) is 91.9 cm³/mol. The van der Waals surface area contributed by atoms with Gasteiger partial charge in [0.05, 0.1) is 53.4 Å². The molecule has 0 aromatic rings. The van der Waals surface area contributed by atoms with E-state index in [1.54, 1.807) is 0 Å². The summed E-state index contributed by atoms with van der Waals surface area (Å²) in [4.78, 5) is 0. The Morgan fingerprint density at radius 2 is 1.10 bits per heavy atom. The number of quaternary nitrogens is 2. The van der Waals surface area contributed by atoms with E-state index < -0.39 is 0 Å². The third kappa shape index (κ3) is 8.26. The van der Waals surface area contributed by atoms with Gasteiger partial charge in [-0.1, -0.05) is 20.8 Å². The zero-order chi connectivity index (χ0) is 16.2. The maximum atomic E-state index is 2.39. The van der Waals surface area contributed by atoms with E-state index in [4.69, 9.17) is 0 Å². The molecule has 0 saturated heterocycles. The minimum absolute atomic E-state index is 0.337. The molecule has 0 amide bonds. The number of rotatable bonds is 7. The summed E-state index contributed by atoms with van der Waals surface area (Å²) < 4.78 is 2.27. The molecule has 0 unspecified atom stereocenters. The van der Waals surface area contributed by atoms with Crippen LogP contribution in [0.3, 0.4) is 0 Å². The first-order valence-corrected chi connectivity index (χ1v) is 8.31. The lowest BCUT2D eigenvalue weighted by molar-refractivity contribution is -0.942. The van der Waals surface area contributed by atoms with Crippen LogP contribution < -0.4 is 0 Å². The molecule has 0 saturated carbocycles. The minimum atomic E-state index is 0.337. The summed E-state index contributed by atoms with van der Waals surface area (Å²) in [5.41, 5.74) is 0.814. The summed E-state index contributed by atoms with van der Waals surface area (Å²) in [7, 11) is 9.50. The summed E-state index contributed by atoms with van der Waals surface area (Å²) >= 11 is 0. The molecule has 2 nitrogen and oxygen atoms in total. The van der Waals surface area contributed by atoms with Crippen molar-refractivity contribution in [3.05, 3.63) is 0 Å². The molecule has 2 heteroatoms. The van der Waals surface area contributed by atoms with Gasteiger partial charge >= 0.3 is 0 Å². The molecule has 0 rings (SSSR count).